The Labute approximate surface area is 118 Å². The first kappa shape index (κ1) is 13.1. The van der Waals surface area contributed by atoms with Crippen LogP contribution in [0.1, 0.15) is 19.5 Å². The van der Waals surface area contributed by atoms with Crippen LogP contribution >= 0.6 is 0 Å². The fourth-order valence-electron chi connectivity index (χ4n) is 2.68. The number of anilines is 1. The monoisotopic (exact) mass is 272 g/mol. The Bertz CT molecular complexity index is 583. The zero-order valence-electron chi connectivity index (χ0n) is 12.1. The van der Waals surface area contributed by atoms with Crippen LogP contribution in [0.15, 0.2) is 24.8 Å². The number of aromatic nitrogens is 4. The fraction of sp³-hybridized carbons (Fsp3) is 0.500. The lowest BCUT2D eigenvalue weighted by Crippen LogP contribution is -2.54. The lowest BCUT2D eigenvalue weighted by Gasteiger charge is -2.36. The van der Waals surface area contributed by atoms with Gasteiger partial charge in [0.15, 0.2) is 0 Å². The van der Waals surface area contributed by atoms with Gasteiger partial charge in [0.2, 0.25) is 5.95 Å². The second kappa shape index (κ2) is 5.20. The predicted octanol–water partition coefficient (Wildman–Crippen LogP) is 1.16. The van der Waals surface area contributed by atoms with Crippen molar-refractivity contribution in [2.45, 2.75) is 32.9 Å². The number of nitrogens with one attached hydrogen (secondary N) is 1. The molecule has 0 radical (unpaired) electrons. The minimum atomic E-state index is 0.465. The second-order valence-electron chi connectivity index (χ2n) is 5.51. The first-order valence-electron chi connectivity index (χ1n) is 6.97. The standard InChI is InChI=1S/C14H20N6/c1-10-6-20(9-16-10)14-15-5-4-13(18-14)19-7-11(2)17-12(3)8-19/h4-6,9,11-12,17H,7-8H2,1-3H3/t11-,12+. The molecular formula is C14H20N6. The van der Waals surface area contributed by atoms with E-state index in [-0.39, 0.29) is 0 Å². The number of hydrogen-bond donors (Lipinski definition) is 1. The minimum Gasteiger partial charge on any atom is -0.353 e. The summed E-state index contributed by atoms with van der Waals surface area (Å²) in [6, 6.07) is 2.90. The molecule has 0 saturated carbocycles. The summed E-state index contributed by atoms with van der Waals surface area (Å²) in [6.07, 6.45) is 5.49. The van der Waals surface area contributed by atoms with Crippen LogP contribution in [0.3, 0.4) is 0 Å². The molecular weight excluding hydrogens is 252 g/mol. The zero-order valence-corrected chi connectivity index (χ0v) is 12.1. The average molecular weight is 272 g/mol. The van der Waals surface area contributed by atoms with Crippen molar-refractivity contribution in [3.05, 3.63) is 30.5 Å². The molecule has 6 heteroatoms. The highest BCUT2D eigenvalue weighted by atomic mass is 15.3. The maximum Gasteiger partial charge on any atom is 0.236 e. The molecule has 1 fully saturated rings. The first-order valence-corrected chi connectivity index (χ1v) is 6.97. The molecule has 106 valence electrons. The van der Waals surface area contributed by atoms with E-state index in [4.69, 9.17) is 0 Å². The van der Waals surface area contributed by atoms with Crippen molar-refractivity contribution in [3.8, 4) is 5.95 Å². The molecule has 0 amide bonds. The molecule has 2 aromatic rings. The van der Waals surface area contributed by atoms with Crippen LogP contribution in [0.2, 0.25) is 0 Å². The molecule has 1 aliphatic heterocycles. The van der Waals surface area contributed by atoms with Gasteiger partial charge in [-0.05, 0) is 26.8 Å². The Morgan fingerprint density at radius 3 is 2.60 bits per heavy atom. The van der Waals surface area contributed by atoms with Gasteiger partial charge in [-0.3, -0.25) is 4.57 Å². The molecule has 0 spiro atoms. The van der Waals surface area contributed by atoms with E-state index in [1.807, 2.05) is 30.0 Å². The van der Waals surface area contributed by atoms with E-state index < -0.39 is 0 Å². The van der Waals surface area contributed by atoms with E-state index in [1.165, 1.54) is 0 Å². The van der Waals surface area contributed by atoms with Gasteiger partial charge in [-0.15, -0.1) is 0 Å². The lowest BCUT2D eigenvalue weighted by molar-refractivity contribution is 0.405. The van der Waals surface area contributed by atoms with Crippen LogP contribution in [-0.4, -0.2) is 44.7 Å². The molecule has 2 atom stereocenters. The summed E-state index contributed by atoms with van der Waals surface area (Å²) in [5, 5.41) is 3.53. The van der Waals surface area contributed by atoms with E-state index in [0.717, 1.165) is 24.6 Å². The summed E-state index contributed by atoms with van der Waals surface area (Å²) < 4.78 is 1.86. The lowest BCUT2D eigenvalue weighted by atomic mass is 10.1. The summed E-state index contributed by atoms with van der Waals surface area (Å²) in [5.41, 5.74) is 0.962. The molecule has 0 bridgehead atoms. The van der Waals surface area contributed by atoms with Crippen molar-refractivity contribution in [2.24, 2.45) is 0 Å². The Balaban J connectivity index is 1.87. The number of piperazine rings is 1. The van der Waals surface area contributed by atoms with Crippen LogP contribution in [0.4, 0.5) is 5.82 Å². The molecule has 1 saturated heterocycles. The summed E-state index contributed by atoms with van der Waals surface area (Å²) in [4.78, 5) is 15.5. The third-order valence-electron chi connectivity index (χ3n) is 3.45. The molecule has 2 aromatic heterocycles. The number of nitrogens with zero attached hydrogens (tertiary/aromatic N) is 5. The van der Waals surface area contributed by atoms with Crippen LogP contribution in [0.5, 0.6) is 0 Å². The van der Waals surface area contributed by atoms with Crippen LogP contribution < -0.4 is 10.2 Å². The highest BCUT2D eigenvalue weighted by Gasteiger charge is 2.22. The number of aryl methyl sites for hydroxylation is 1. The molecule has 3 rings (SSSR count). The largest absolute Gasteiger partial charge is 0.353 e. The molecule has 3 heterocycles. The summed E-state index contributed by atoms with van der Waals surface area (Å²) >= 11 is 0. The van der Waals surface area contributed by atoms with Crippen molar-refractivity contribution in [1.29, 1.82) is 0 Å². The molecule has 20 heavy (non-hydrogen) atoms. The van der Waals surface area contributed by atoms with Gasteiger partial charge < -0.3 is 10.2 Å². The number of rotatable bonds is 2. The Hall–Kier alpha value is -1.95. The van der Waals surface area contributed by atoms with E-state index >= 15 is 0 Å². The van der Waals surface area contributed by atoms with Crippen molar-refractivity contribution in [3.63, 3.8) is 0 Å². The number of imidazole rings is 1. The third-order valence-corrected chi connectivity index (χ3v) is 3.45. The van der Waals surface area contributed by atoms with Gasteiger partial charge in [0.05, 0.1) is 5.69 Å². The Morgan fingerprint density at radius 2 is 1.95 bits per heavy atom. The van der Waals surface area contributed by atoms with Crippen molar-refractivity contribution >= 4 is 5.82 Å². The van der Waals surface area contributed by atoms with Gasteiger partial charge in [-0.1, -0.05) is 0 Å². The van der Waals surface area contributed by atoms with Gasteiger partial charge in [-0.25, -0.2) is 9.97 Å². The highest BCUT2D eigenvalue weighted by Crippen LogP contribution is 2.16. The topological polar surface area (TPSA) is 58.9 Å². The fourth-order valence-corrected chi connectivity index (χ4v) is 2.68. The summed E-state index contributed by atoms with van der Waals surface area (Å²) in [5.74, 6) is 1.64. The van der Waals surface area contributed by atoms with Crippen LogP contribution in [0.25, 0.3) is 5.95 Å². The molecule has 0 aliphatic carbocycles. The summed E-state index contributed by atoms with van der Waals surface area (Å²) in [7, 11) is 0. The van der Waals surface area contributed by atoms with Crippen molar-refractivity contribution < 1.29 is 0 Å². The van der Waals surface area contributed by atoms with Gasteiger partial charge in [0.1, 0.15) is 12.1 Å². The molecule has 1 aliphatic rings. The van der Waals surface area contributed by atoms with Gasteiger partial charge in [-0.2, -0.15) is 4.98 Å². The second-order valence-corrected chi connectivity index (χ2v) is 5.51. The zero-order chi connectivity index (χ0) is 14.1. The van der Waals surface area contributed by atoms with Gasteiger partial charge >= 0.3 is 0 Å². The van der Waals surface area contributed by atoms with E-state index in [0.29, 0.717) is 18.0 Å². The Morgan fingerprint density at radius 1 is 1.20 bits per heavy atom. The van der Waals surface area contributed by atoms with Crippen molar-refractivity contribution in [2.75, 3.05) is 18.0 Å². The molecule has 6 nitrogen and oxygen atoms in total. The van der Waals surface area contributed by atoms with E-state index in [2.05, 4.69) is 39.0 Å². The molecule has 0 unspecified atom stereocenters. The smallest absolute Gasteiger partial charge is 0.236 e. The molecule has 0 aromatic carbocycles. The SMILES string of the molecule is Cc1cn(-c2nccc(N3C[C@@H](C)N[C@@H](C)C3)n2)cn1. The van der Waals surface area contributed by atoms with Crippen LogP contribution in [0, 0.1) is 6.92 Å². The van der Waals surface area contributed by atoms with Gasteiger partial charge in [0.25, 0.3) is 0 Å². The van der Waals surface area contributed by atoms with Gasteiger partial charge in [0, 0.05) is 37.6 Å². The summed E-state index contributed by atoms with van der Waals surface area (Å²) in [6.45, 7) is 8.28. The van der Waals surface area contributed by atoms with Crippen LogP contribution in [-0.2, 0) is 0 Å². The Kier molecular flexibility index (Phi) is 3.40. The third kappa shape index (κ3) is 2.65. The van der Waals surface area contributed by atoms with Crippen molar-refractivity contribution in [1.82, 2.24) is 24.8 Å². The average Bonchev–Trinajstić information content (AvgIpc) is 2.85. The molecule has 1 N–H and O–H groups in total. The van der Waals surface area contributed by atoms with E-state index in [1.54, 1.807) is 6.33 Å². The number of hydrogen-bond acceptors (Lipinski definition) is 5. The maximum absolute atomic E-state index is 4.66. The van der Waals surface area contributed by atoms with E-state index in [9.17, 15) is 0 Å². The first-order chi connectivity index (χ1) is 9.61. The predicted molar refractivity (Wildman–Crippen MR) is 78.2 cm³/mol. The normalized spacial score (nSPS) is 23.1. The quantitative estimate of drug-likeness (QED) is 0.889. The minimum absolute atomic E-state index is 0.465. The maximum atomic E-state index is 4.66. The highest BCUT2D eigenvalue weighted by molar-refractivity contribution is 5.41.